The van der Waals surface area contributed by atoms with Gasteiger partial charge in [-0.2, -0.15) is 0 Å². The maximum atomic E-state index is 9.25. The van der Waals surface area contributed by atoms with Crippen molar-refractivity contribution in [2.45, 2.75) is 19.4 Å². The summed E-state index contributed by atoms with van der Waals surface area (Å²) in [5, 5.41) is 9.25. The Morgan fingerprint density at radius 1 is 0.677 bits per heavy atom. The summed E-state index contributed by atoms with van der Waals surface area (Å²) in [4.78, 5) is 12.2. The summed E-state index contributed by atoms with van der Waals surface area (Å²) < 4.78 is 0. The Morgan fingerprint density at radius 3 is 1.87 bits per heavy atom. The number of aromatic nitrogens is 2. The van der Waals surface area contributed by atoms with Crippen LogP contribution in [-0.4, -0.2) is 28.2 Å². The topological polar surface area (TPSA) is 49.2 Å². The van der Waals surface area contributed by atoms with Gasteiger partial charge in [-0.05, 0) is 18.4 Å². The summed E-state index contributed by atoms with van der Waals surface area (Å²) in [6.45, 7) is 1.76. The Balaban J connectivity index is 1.74. The first kappa shape index (κ1) is 20.8. The van der Waals surface area contributed by atoms with Gasteiger partial charge in [0.15, 0.2) is 0 Å². The summed E-state index contributed by atoms with van der Waals surface area (Å²) in [7, 11) is 0. The van der Waals surface area contributed by atoms with Gasteiger partial charge in [0.1, 0.15) is 5.82 Å². The van der Waals surface area contributed by atoms with Crippen LogP contribution in [-0.2, 0) is 6.54 Å². The zero-order chi connectivity index (χ0) is 21.3. The number of anilines is 1. The number of unbranched alkanes of at least 4 members (excludes halogenated alkanes) is 1. The van der Waals surface area contributed by atoms with Crippen LogP contribution in [0.25, 0.3) is 22.5 Å². The van der Waals surface area contributed by atoms with Crippen molar-refractivity contribution in [3.05, 3.63) is 103 Å². The average Bonchev–Trinajstić information content (AvgIpc) is 2.85. The van der Waals surface area contributed by atoms with E-state index in [1.807, 2.05) is 48.7 Å². The number of nitrogens with zero attached hydrogens (tertiary/aromatic N) is 3. The maximum absolute atomic E-state index is 9.25. The van der Waals surface area contributed by atoms with Crippen molar-refractivity contribution in [3.63, 3.8) is 0 Å². The van der Waals surface area contributed by atoms with Crippen molar-refractivity contribution in [1.82, 2.24) is 9.97 Å². The van der Waals surface area contributed by atoms with E-state index >= 15 is 0 Å². The number of rotatable bonds is 9. The van der Waals surface area contributed by atoms with Crippen LogP contribution in [0.15, 0.2) is 97.2 Å². The van der Waals surface area contributed by atoms with Gasteiger partial charge in [-0.1, -0.05) is 91.0 Å². The van der Waals surface area contributed by atoms with Crippen molar-refractivity contribution in [3.8, 4) is 22.5 Å². The normalized spacial score (nSPS) is 10.7. The van der Waals surface area contributed by atoms with Gasteiger partial charge >= 0.3 is 0 Å². The van der Waals surface area contributed by atoms with E-state index in [0.717, 1.165) is 54.3 Å². The zero-order valence-electron chi connectivity index (χ0n) is 17.6. The molecule has 0 fully saturated rings. The molecule has 3 aromatic carbocycles. The molecule has 4 rings (SSSR count). The second-order valence-corrected chi connectivity index (χ2v) is 7.50. The molecule has 0 aliphatic rings. The van der Waals surface area contributed by atoms with Crippen molar-refractivity contribution < 1.29 is 5.11 Å². The van der Waals surface area contributed by atoms with Crippen LogP contribution in [0.2, 0.25) is 0 Å². The summed E-state index contributed by atoms with van der Waals surface area (Å²) >= 11 is 0. The molecule has 156 valence electrons. The van der Waals surface area contributed by atoms with Gasteiger partial charge in [0.2, 0.25) is 0 Å². The van der Waals surface area contributed by atoms with Crippen LogP contribution in [0.5, 0.6) is 0 Å². The number of benzene rings is 3. The standard InChI is InChI=1S/C27H27N3O/c31-19-11-10-18-30(21-22-12-4-1-5-13-22)25-20-28-26(23-14-6-2-7-15-23)27(29-25)24-16-8-3-9-17-24/h1-9,12-17,20,31H,10-11,18-19,21H2. The van der Waals surface area contributed by atoms with Crippen molar-refractivity contribution in [2.24, 2.45) is 0 Å². The second-order valence-electron chi connectivity index (χ2n) is 7.50. The second kappa shape index (κ2) is 10.5. The molecule has 4 aromatic rings. The van der Waals surface area contributed by atoms with Gasteiger partial charge in [0.05, 0.1) is 17.6 Å². The van der Waals surface area contributed by atoms with Crippen molar-refractivity contribution in [2.75, 3.05) is 18.1 Å². The van der Waals surface area contributed by atoms with Crippen molar-refractivity contribution >= 4 is 5.82 Å². The fraction of sp³-hybridized carbons (Fsp3) is 0.185. The van der Waals surface area contributed by atoms with Crippen LogP contribution in [0.4, 0.5) is 5.82 Å². The Morgan fingerprint density at radius 2 is 1.26 bits per heavy atom. The quantitative estimate of drug-likeness (QED) is 0.366. The summed E-state index contributed by atoms with van der Waals surface area (Å²) in [6, 6.07) is 30.8. The lowest BCUT2D eigenvalue weighted by Crippen LogP contribution is -2.25. The molecule has 31 heavy (non-hydrogen) atoms. The molecule has 0 saturated heterocycles. The maximum Gasteiger partial charge on any atom is 0.148 e. The fourth-order valence-corrected chi connectivity index (χ4v) is 3.63. The highest BCUT2D eigenvalue weighted by Gasteiger charge is 2.16. The van der Waals surface area contributed by atoms with E-state index < -0.39 is 0 Å². The summed E-state index contributed by atoms with van der Waals surface area (Å²) in [6.07, 6.45) is 3.54. The molecular formula is C27H27N3O. The Bertz CT molecular complexity index is 1070. The third kappa shape index (κ3) is 5.36. The zero-order valence-corrected chi connectivity index (χ0v) is 17.6. The number of hydrogen-bond acceptors (Lipinski definition) is 4. The van der Waals surface area contributed by atoms with E-state index in [-0.39, 0.29) is 6.61 Å². The summed E-state index contributed by atoms with van der Waals surface area (Å²) in [5.41, 5.74) is 5.08. The number of aliphatic hydroxyl groups excluding tert-OH is 1. The molecule has 0 radical (unpaired) electrons. The lowest BCUT2D eigenvalue weighted by molar-refractivity contribution is 0.285. The van der Waals surface area contributed by atoms with Gasteiger partial charge in [-0.25, -0.2) is 4.98 Å². The first-order valence-electron chi connectivity index (χ1n) is 10.7. The molecule has 4 heteroatoms. The van der Waals surface area contributed by atoms with Crippen LogP contribution < -0.4 is 4.90 Å². The number of hydrogen-bond donors (Lipinski definition) is 1. The largest absolute Gasteiger partial charge is 0.396 e. The molecule has 1 aromatic heterocycles. The molecule has 0 spiro atoms. The molecule has 0 bridgehead atoms. The molecule has 0 atom stereocenters. The minimum atomic E-state index is 0.201. The smallest absolute Gasteiger partial charge is 0.148 e. The molecule has 4 nitrogen and oxygen atoms in total. The predicted octanol–water partition coefficient (Wildman–Crippen LogP) is 5.59. The molecule has 1 N–H and O–H groups in total. The van der Waals surface area contributed by atoms with E-state index in [0.29, 0.717) is 0 Å². The SMILES string of the molecule is OCCCCN(Cc1ccccc1)c1cnc(-c2ccccc2)c(-c2ccccc2)n1. The Hall–Kier alpha value is -3.50. The molecule has 0 saturated carbocycles. The van der Waals surface area contributed by atoms with E-state index in [4.69, 9.17) is 9.97 Å². The highest BCUT2D eigenvalue weighted by Crippen LogP contribution is 2.30. The lowest BCUT2D eigenvalue weighted by atomic mass is 10.0. The van der Waals surface area contributed by atoms with E-state index in [9.17, 15) is 5.11 Å². The van der Waals surface area contributed by atoms with Crippen molar-refractivity contribution in [1.29, 1.82) is 0 Å². The minimum absolute atomic E-state index is 0.201. The monoisotopic (exact) mass is 409 g/mol. The van der Waals surface area contributed by atoms with E-state index in [2.05, 4.69) is 53.4 Å². The van der Waals surface area contributed by atoms with Gasteiger partial charge in [0, 0.05) is 30.8 Å². The van der Waals surface area contributed by atoms with Gasteiger partial charge in [-0.15, -0.1) is 0 Å². The van der Waals surface area contributed by atoms with Crippen LogP contribution in [0, 0.1) is 0 Å². The third-order valence-electron chi connectivity index (χ3n) is 5.23. The molecule has 0 aliphatic heterocycles. The first-order chi connectivity index (χ1) is 15.3. The van der Waals surface area contributed by atoms with E-state index in [1.165, 1.54) is 5.56 Å². The number of aliphatic hydroxyl groups is 1. The molecule has 0 aliphatic carbocycles. The lowest BCUT2D eigenvalue weighted by Gasteiger charge is -2.25. The van der Waals surface area contributed by atoms with Crippen LogP contribution in [0.1, 0.15) is 18.4 Å². The van der Waals surface area contributed by atoms with Crippen LogP contribution >= 0.6 is 0 Å². The minimum Gasteiger partial charge on any atom is -0.396 e. The van der Waals surface area contributed by atoms with Gasteiger partial charge in [-0.3, -0.25) is 4.98 Å². The van der Waals surface area contributed by atoms with Gasteiger partial charge in [0.25, 0.3) is 0 Å². The molecule has 0 unspecified atom stereocenters. The fourth-order valence-electron chi connectivity index (χ4n) is 3.63. The van der Waals surface area contributed by atoms with E-state index in [1.54, 1.807) is 0 Å². The first-order valence-corrected chi connectivity index (χ1v) is 10.7. The molecular weight excluding hydrogens is 382 g/mol. The predicted molar refractivity (Wildman–Crippen MR) is 127 cm³/mol. The highest BCUT2D eigenvalue weighted by atomic mass is 16.2. The highest BCUT2D eigenvalue weighted by molar-refractivity contribution is 5.78. The average molecular weight is 410 g/mol. The molecule has 1 heterocycles. The van der Waals surface area contributed by atoms with Gasteiger partial charge < -0.3 is 10.0 Å². The summed E-state index contributed by atoms with van der Waals surface area (Å²) in [5.74, 6) is 0.848. The Kier molecular flexibility index (Phi) is 7.04. The third-order valence-corrected chi connectivity index (χ3v) is 5.23. The van der Waals surface area contributed by atoms with Crippen LogP contribution in [0.3, 0.4) is 0 Å². The Labute approximate surface area is 183 Å². The molecule has 0 amide bonds.